The number of aromatic nitrogens is 1. The lowest BCUT2D eigenvalue weighted by molar-refractivity contribution is 0.0892. The number of carbonyl (C=O) groups excluding carboxylic acids is 1. The van der Waals surface area contributed by atoms with Gasteiger partial charge in [-0.05, 0) is 24.3 Å². The molecule has 0 spiro atoms. The second-order valence-electron chi connectivity index (χ2n) is 5.52. The van der Waals surface area contributed by atoms with Crippen molar-refractivity contribution in [3.8, 4) is 0 Å². The van der Waals surface area contributed by atoms with E-state index < -0.39 is 0 Å². The molecule has 1 amide bonds. The average molecular weight is 261 g/mol. The molecule has 0 bridgehead atoms. The van der Waals surface area contributed by atoms with Gasteiger partial charge in [-0.1, -0.05) is 26.7 Å². The van der Waals surface area contributed by atoms with Gasteiger partial charge in [-0.2, -0.15) is 0 Å². The number of hydrogen-bond donors (Lipinski definition) is 2. The molecule has 1 heterocycles. The molecule has 4 heteroatoms. The van der Waals surface area contributed by atoms with Gasteiger partial charge in [0.2, 0.25) is 0 Å². The molecule has 3 atom stereocenters. The molecule has 0 aromatic carbocycles. The molecule has 0 saturated heterocycles. The van der Waals surface area contributed by atoms with Gasteiger partial charge in [0.05, 0.1) is 17.4 Å². The van der Waals surface area contributed by atoms with Crippen LogP contribution < -0.4 is 10.6 Å². The Bertz CT molecular complexity index is 447. The van der Waals surface area contributed by atoms with Crippen LogP contribution in [0.5, 0.6) is 0 Å². The van der Waals surface area contributed by atoms with Crippen LogP contribution in [0.1, 0.15) is 43.5 Å². The van der Waals surface area contributed by atoms with Crippen LogP contribution in [0.3, 0.4) is 0 Å². The monoisotopic (exact) mass is 261 g/mol. The maximum atomic E-state index is 12.4. The second kappa shape index (κ2) is 6.04. The number of nitrogens with one attached hydrogen (secondary N) is 2. The third-order valence-electron chi connectivity index (χ3n) is 4.36. The van der Waals surface area contributed by atoms with E-state index in [-0.39, 0.29) is 11.9 Å². The summed E-state index contributed by atoms with van der Waals surface area (Å²) in [5.41, 5.74) is 1.44. The van der Waals surface area contributed by atoms with Crippen LogP contribution in [0.4, 0.5) is 5.69 Å². The minimum absolute atomic E-state index is 0.00213. The van der Waals surface area contributed by atoms with E-state index in [4.69, 9.17) is 0 Å². The van der Waals surface area contributed by atoms with Crippen LogP contribution in [0, 0.1) is 11.8 Å². The molecular weight excluding hydrogens is 238 g/mol. The summed E-state index contributed by atoms with van der Waals surface area (Å²) in [4.78, 5) is 16.4. The normalized spacial score (nSPS) is 26.8. The van der Waals surface area contributed by atoms with Crippen LogP contribution in [0.15, 0.2) is 18.5 Å². The Hall–Kier alpha value is -1.58. The predicted molar refractivity (Wildman–Crippen MR) is 77.2 cm³/mol. The van der Waals surface area contributed by atoms with Crippen molar-refractivity contribution in [3.05, 3.63) is 24.0 Å². The van der Waals surface area contributed by atoms with Crippen molar-refractivity contribution >= 4 is 11.6 Å². The predicted octanol–water partition coefficient (Wildman–Crippen LogP) is 2.68. The van der Waals surface area contributed by atoms with Crippen molar-refractivity contribution < 1.29 is 4.79 Å². The van der Waals surface area contributed by atoms with E-state index in [9.17, 15) is 4.79 Å². The van der Waals surface area contributed by atoms with Crippen molar-refractivity contribution in [1.82, 2.24) is 10.3 Å². The van der Waals surface area contributed by atoms with Gasteiger partial charge in [-0.25, -0.2) is 0 Å². The van der Waals surface area contributed by atoms with Gasteiger partial charge in [-0.3, -0.25) is 9.78 Å². The molecule has 19 heavy (non-hydrogen) atoms. The topological polar surface area (TPSA) is 54.0 Å². The average Bonchev–Trinajstić information content (AvgIpc) is 2.43. The minimum atomic E-state index is -0.00213. The number of anilines is 1. The smallest absolute Gasteiger partial charge is 0.253 e. The molecule has 4 nitrogen and oxygen atoms in total. The fraction of sp³-hybridized carbons (Fsp3) is 0.600. The first-order valence-electron chi connectivity index (χ1n) is 7.06. The Balaban J connectivity index is 2.08. The third kappa shape index (κ3) is 3.06. The minimum Gasteiger partial charge on any atom is -0.386 e. The first-order valence-corrected chi connectivity index (χ1v) is 7.06. The molecule has 3 unspecified atom stereocenters. The van der Waals surface area contributed by atoms with Crippen LogP contribution in [-0.4, -0.2) is 24.0 Å². The number of rotatable bonds is 3. The van der Waals surface area contributed by atoms with Crippen molar-refractivity contribution in [2.45, 2.75) is 39.2 Å². The van der Waals surface area contributed by atoms with Crippen LogP contribution in [0.2, 0.25) is 0 Å². The molecule has 1 saturated carbocycles. The maximum Gasteiger partial charge on any atom is 0.253 e. The summed E-state index contributed by atoms with van der Waals surface area (Å²) in [5, 5.41) is 6.19. The molecule has 1 fully saturated rings. The highest BCUT2D eigenvalue weighted by Crippen LogP contribution is 2.29. The van der Waals surface area contributed by atoms with Crippen LogP contribution in [0.25, 0.3) is 0 Å². The van der Waals surface area contributed by atoms with Gasteiger partial charge >= 0.3 is 0 Å². The van der Waals surface area contributed by atoms with E-state index in [0.29, 0.717) is 17.4 Å². The SMILES string of the molecule is CNc1cnccc1C(=O)NC1CCCC(C)C1C. The van der Waals surface area contributed by atoms with Crippen molar-refractivity contribution in [2.24, 2.45) is 11.8 Å². The van der Waals surface area contributed by atoms with Crippen molar-refractivity contribution in [1.29, 1.82) is 0 Å². The fourth-order valence-corrected chi connectivity index (χ4v) is 2.82. The summed E-state index contributed by atoms with van der Waals surface area (Å²) in [6, 6.07) is 2.05. The number of carbonyl (C=O) groups is 1. The highest BCUT2D eigenvalue weighted by Gasteiger charge is 2.28. The summed E-state index contributed by atoms with van der Waals surface area (Å²) in [6.45, 7) is 4.51. The van der Waals surface area contributed by atoms with E-state index in [1.165, 1.54) is 12.8 Å². The zero-order valence-electron chi connectivity index (χ0n) is 11.9. The fourth-order valence-electron chi connectivity index (χ4n) is 2.82. The van der Waals surface area contributed by atoms with Gasteiger partial charge in [0.1, 0.15) is 0 Å². The van der Waals surface area contributed by atoms with Gasteiger partial charge in [0, 0.05) is 19.3 Å². The summed E-state index contributed by atoms with van der Waals surface area (Å²) in [7, 11) is 1.80. The van der Waals surface area contributed by atoms with E-state index in [1.54, 1.807) is 25.5 Å². The Labute approximate surface area is 115 Å². The Morgan fingerprint density at radius 2 is 2.16 bits per heavy atom. The first-order chi connectivity index (χ1) is 9.13. The standard InChI is InChI=1S/C15H23N3O/c1-10-5-4-6-13(11(10)2)18-15(19)12-7-8-17-9-14(12)16-3/h7-11,13,16H,4-6H2,1-3H3,(H,18,19). The van der Waals surface area contributed by atoms with E-state index in [2.05, 4.69) is 29.5 Å². The number of pyridine rings is 1. The lowest BCUT2D eigenvalue weighted by Crippen LogP contribution is -2.43. The molecule has 1 aromatic rings. The third-order valence-corrected chi connectivity index (χ3v) is 4.36. The lowest BCUT2D eigenvalue weighted by Gasteiger charge is -2.34. The summed E-state index contributed by atoms with van der Waals surface area (Å²) < 4.78 is 0. The Morgan fingerprint density at radius 3 is 2.89 bits per heavy atom. The van der Waals surface area contributed by atoms with Gasteiger partial charge in [0.15, 0.2) is 0 Å². The van der Waals surface area contributed by atoms with E-state index in [0.717, 1.165) is 12.1 Å². The maximum absolute atomic E-state index is 12.4. The summed E-state index contributed by atoms with van der Waals surface area (Å²) >= 11 is 0. The highest BCUT2D eigenvalue weighted by molar-refractivity contribution is 5.99. The lowest BCUT2D eigenvalue weighted by atomic mass is 9.78. The quantitative estimate of drug-likeness (QED) is 0.879. The number of amides is 1. The summed E-state index contributed by atoms with van der Waals surface area (Å²) in [6.07, 6.45) is 6.89. The zero-order valence-corrected chi connectivity index (χ0v) is 11.9. The molecule has 2 N–H and O–H groups in total. The summed E-state index contributed by atoms with van der Waals surface area (Å²) in [5.74, 6) is 1.22. The molecule has 1 aliphatic carbocycles. The molecule has 0 radical (unpaired) electrons. The molecule has 104 valence electrons. The van der Waals surface area contributed by atoms with Crippen molar-refractivity contribution in [3.63, 3.8) is 0 Å². The zero-order chi connectivity index (χ0) is 13.8. The van der Waals surface area contributed by atoms with E-state index in [1.807, 2.05) is 0 Å². The Morgan fingerprint density at radius 1 is 1.37 bits per heavy atom. The van der Waals surface area contributed by atoms with Crippen LogP contribution in [-0.2, 0) is 0 Å². The molecule has 0 aliphatic heterocycles. The highest BCUT2D eigenvalue weighted by atomic mass is 16.1. The Kier molecular flexibility index (Phi) is 4.40. The van der Waals surface area contributed by atoms with Gasteiger partial charge < -0.3 is 10.6 Å². The molecule has 1 aliphatic rings. The molecular formula is C15H23N3O. The molecule has 1 aromatic heterocycles. The second-order valence-corrected chi connectivity index (χ2v) is 5.52. The largest absolute Gasteiger partial charge is 0.386 e. The first kappa shape index (κ1) is 13.8. The van der Waals surface area contributed by atoms with Gasteiger partial charge in [-0.15, -0.1) is 0 Å². The number of hydrogen-bond acceptors (Lipinski definition) is 3. The van der Waals surface area contributed by atoms with Crippen molar-refractivity contribution in [2.75, 3.05) is 12.4 Å². The van der Waals surface area contributed by atoms with Crippen LogP contribution >= 0.6 is 0 Å². The van der Waals surface area contributed by atoms with E-state index >= 15 is 0 Å². The number of nitrogens with zero attached hydrogens (tertiary/aromatic N) is 1. The van der Waals surface area contributed by atoms with Gasteiger partial charge in [0.25, 0.3) is 5.91 Å². The molecule has 2 rings (SSSR count).